The van der Waals surface area contributed by atoms with Crippen molar-refractivity contribution in [2.45, 2.75) is 26.4 Å². The quantitative estimate of drug-likeness (QED) is 0.444. The lowest BCUT2D eigenvalue weighted by molar-refractivity contribution is -0.142. The van der Waals surface area contributed by atoms with Crippen molar-refractivity contribution in [1.82, 2.24) is 0 Å². The zero-order valence-electron chi connectivity index (χ0n) is 10.0. The Morgan fingerprint density at radius 3 is 2.47 bits per heavy atom. The van der Waals surface area contributed by atoms with E-state index in [0.29, 0.717) is 12.0 Å². The van der Waals surface area contributed by atoms with Crippen LogP contribution in [-0.2, 0) is 9.53 Å². The summed E-state index contributed by atoms with van der Waals surface area (Å²) >= 11 is 0. The summed E-state index contributed by atoms with van der Waals surface area (Å²) in [5.41, 5.74) is 0.808. The van der Waals surface area contributed by atoms with Gasteiger partial charge in [0.1, 0.15) is 0 Å². The summed E-state index contributed by atoms with van der Waals surface area (Å²) in [6, 6.07) is 9.44. The molecule has 0 saturated heterocycles. The summed E-state index contributed by atoms with van der Waals surface area (Å²) in [5, 5.41) is 0. The number of carbonyl (C=O) groups is 2. The molecule has 0 aliphatic rings. The van der Waals surface area contributed by atoms with Crippen molar-refractivity contribution < 1.29 is 14.3 Å². The number of hydrogen-bond donors (Lipinski definition) is 0. The van der Waals surface area contributed by atoms with E-state index in [1.165, 1.54) is 0 Å². The average Bonchev–Trinajstić information content (AvgIpc) is 2.35. The van der Waals surface area contributed by atoms with Gasteiger partial charge in [0.15, 0.2) is 6.10 Å². The standard InChI is InChI=1S/C14H15O3/c1-4-12(17-14(16)10(2)3)13(15)11-8-6-5-7-9-11/h6-9,12H,2,4H2,1,3H3. The molecule has 1 aromatic carbocycles. The van der Waals surface area contributed by atoms with Gasteiger partial charge in [-0.15, -0.1) is 0 Å². The Morgan fingerprint density at radius 1 is 1.41 bits per heavy atom. The van der Waals surface area contributed by atoms with Gasteiger partial charge in [0.05, 0.1) is 0 Å². The molecular weight excluding hydrogens is 216 g/mol. The highest BCUT2D eigenvalue weighted by molar-refractivity contribution is 6.01. The predicted octanol–water partition coefficient (Wildman–Crippen LogP) is 2.57. The van der Waals surface area contributed by atoms with E-state index in [2.05, 4.69) is 12.6 Å². The van der Waals surface area contributed by atoms with Crippen molar-refractivity contribution in [3.05, 3.63) is 48.0 Å². The van der Waals surface area contributed by atoms with E-state index in [0.717, 1.165) is 0 Å². The first-order chi connectivity index (χ1) is 8.06. The summed E-state index contributed by atoms with van der Waals surface area (Å²) < 4.78 is 5.08. The number of hydrogen-bond acceptors (Lipinski definition) is 3. The zero-order valence-corrected chi connectivity index (χ0v) is 10.0. The highest BCUT2D eigenvalue weighted by Crippen LogP contribution is 2.10. The van der Waals surface area contributed by atoms with Gasteiger partial charge in [-0.3, -0.25) is 4.79 Å². The lowest BCUT2D eigenvalue weighted by atomic mass is 10.0. The normalized spacial score (nSPS) is 11.6. The second-order valence-electron chi connectivity index (χ2n) is 3.74. The van der Waals surface area contributed by atoms with Crippen molar-refractivity contribution in [2.75, 3.05) is 0 Å². The van der Waals surface area contributed by atoms with Crippen molar-refractivity contribution in [3.8, 4) is 0 Å². The maximum atomic E-state index is 12.0. The van der Waals surface area contributed by atoms with Gasteiger partial charge in [0, 0.05) is 11.1 Å². The van der Waals surface area contributed by atoms with Crippen LogP contribution in [0.2, 0.25) is 0 Å². The van der Waals surface area contributed by atoms with Crippen molar-refractivity contribution >= 4 is 11.8 Å². The molecule has 89 valence electrons. The molecule has 1 rings (SSSR count). The first kappa shape index (κ1) is 13.2. The van der Waals surface area contributed by atoms with Crippen LogP contribution in [0.1, 0.15) is 30.6 Å². The Labute approximate surface area is 101 Å². The molecule has 0 spiro atoms. The minimum atomic E-state index is -0.749. The molecule has 0 heterocycles. The van der Waals surface area contributed by atoms with Gasteiger partial charge < -0.3 is 4.74 Å². The molecule has 1 unspecified atom stereocenters. The molecule has 3 heteroatoms. The third-order valence-electron chi connectivity index (χ3n) is 2.26. The smallest absolute Gasteiger partial charge is 0.333 e. The number of esters is 1. The van der Waals surface area contributed by atoms with Gasteiger partial charge in [0.25, 0.3) is 0 Å². The van der Waals surface area contributed by atoms with E-state index < -0.39 is 12.1 Å². The van der Waals surface area contributed by atoms with Gasteiger partial charge in [-0.05, 0) is 19.4 Å². The van der Waals surface area contributed by atoms with E-state index in [-0.39, 0.29) is 11.4 Å². The summed E-state index contributed by atoms with van der Waals surface area (Å²) in [5.74, 6) is -0.733. The molecule has 1 radical (unpaired) electrons. The van der Waals surface area contributed by atoms with Crippen LogP contribution < -0.4 is 0 Å². The molecule has 0 aromatic heterocycles. The largest absolute Gasteiger partial charge is 0.451 e. The molecule has 0 aliphatic carbocycles. The van der Waals surface area contributed by atoms with Crippen LogP contribution in [0.5, 0.6) is 0 Å². The van der Waals surface area contributed by atoms with Gasteiger partial charge in [-0.2, -0.15) is 0 Å². The van der Waals surface area contributed by atoms with E-state index >= 15 is 0 Å². The first-order valence-corrected chi connectivity index (χ1v) is 5.43. The molecule has 3 nitrogen and oxygen atoms in total. The maximum Gasteiger partial charge on any atom is 0.333 e. The Balaban J connectivity index is 2.78. The van der Waals surface area contributed by atoms with E-state index in [4.69, 9.17) is 4.74 Å². The molecule has 0 bridgehead atoms. The number of carbonyl (C=O) groups excluding carboxylic acids is 2. The lowest BCUT2D eigenvalue weighted by Gasteiger charge is -2.14. The van der Waals surface area contributed by atoms with E-state index in [1.807, 2.05) is 0 Å². The molecule has 1 atom stereocenters. The topological polar surface area (TPSA) is 43.4 Å². The lowest BCUT2D eigenvalue weighted by Crippen LogP contribution is -2.27. The molecule has 0 aliphatic heterocycles. The Morgan fingerprint density at radius 2 is 2.00 bits per heavy atom. The molecule has 0 N–H and O–H groups in total. The second kappa shape index (κ2) is 5.99. The van der Waals surface area contributed by atoms with Crippen molar-refractivity contribution in [1.29, 1.82) is 0 Å². The number of ketones is 1. The third-order valence-corrected chi connectivity index (χ3v) is 2.26. The summed E-state index contributed by atoms with van der Waals surface area (Å²) in [7, 11) is 0. The maximum absolute atomic E-state index is 12.0. The van der Waals surface area contributed by atoms with Crippen LogP contribution >= 0.6 is 0 Å². The zero-order chi connectivity index (χ0) is 12.8. The molecule has 0 fully saturated rings. The molecule has 0 saturated carbocycles. The fourth-order valence-electron chi connectivity index (χ4n) is 1.29. The number of Topliss-reactive ketones (excluding diaryl/α,β-unsaturated/α-hetero) is 1. The van der Waals surface area contributed by atoms with Crippen molar-refractivity contribution in [3.63, 3.8) is 0 Å². The van der Waals surface area contributed by atoms with Crippen LogP contribution in [0.25, 0.3) is 0 Å². The fraction of sp³-hybridized carbons (Fsp3) is 0.286. The van der Waals surface area contributed by atoms with Crippen LogP contribution in [0.4, 0.5) is 0 Å². The molecular formula is C14H15O3. The predicted molar refractivity (Wildman–Crippen MR) is 64.6 cm³/mol. The van der Waals surface area contributed by atoms with Crippen LogP contribution in [0, 0.1) is 6.07 Å². The second-order valence-corrected chi connectivity index (χ2v) is 3.74. The minimum Gasteiger partial charge on any atom is -0.451 e. The third kappa shape index (κ3) is 3.55. The average molecular weight is 231 g/mol. The Hall–Kier alpha value is -1.90. The minimum absolute atomic E-state index is 0.198. The van der Waals surface area contributed by atoms with Gasteiger partial charge >= 0.3 is 5.97 Å². The molecule has 1 aromatic rings. The first-order valence-electron chi connectivity index (χ1n) is 5.43. The Bertz CT molecular complexity index is 420. The van der Waals surface area contributed by atoms with Crippen LogP contribution in [-0.4, -0.2) is 17.9 Å². The summed E-state index contributed by atoms with van der Waals surface area (Å²) in [6.45, 7) is 6.83. The molecule has 17 heavy (non-hydrogen) atoms. The van der Waals surface area contributed by atoms with Gasteiger partial charge in [0.2, 0.25) is 5.78 Å². The number of rotatable bonds is 5. The summed E-state index contributed by atoms with van der Waals surface area (Å²) in [6.07, 6.45) is -0.308. The SMILES string of the molecule is C=C(C)C(=O)OC(CC)C(=O)c1cc[c]cc1. The fourth-order valence-corrected chi connectivity index (χ4v) is 1.29. The summed E-state index contributed by atoms with van der Waals surface area (Å²) in [4.78, 5) is 23.4. The van der Waals surface area contributed by atoms with E-state index in [1.54, 1.807) is 38.1 Å². The van der Waals surface area contributed by atoms with Gasteiger partial charge in [-0.1, -0.05) is 37.8 Å². The highest BCUT2D eigenvalue weighted by atomic mass is 16.5. The monoisotopic (exact) mass is 231 g/mol. The number of benzene rings is 1. The van der Waals surface area contributed by atoms with E-state index in [9.17, 15) is 9.59 Å². The van der Waals surface area contributed by atoms with Crippen LogP contribution in [0.3, 0.4) is 0 Å². The molecule has 0 amide bonds. The highest BCUT2D eigenvalue weighted by Gasteiger charge is 2.22. The van der Waals surface area contributed by atoms with Crippen molar-refractivity contribution in [2.24, 2.45) is 0 Å². The Kier molecular flexibility index (Phi) is 4.64. The number of ether oxygens (including phenoxy) is 1. The van der Waals surface area contributed by atoms with Crippen LogP contribution in [0.15, 0.2) is 36.4 Å². The van der Waals surface area contributed by atoms with Gasteiger partial charge in [-0.25, -0.2) is 4.79 Å².